The molecule has 2 aromatic heterocycles. The number of ether oxygens (including phenoxy) is 1. The molecule has 1 aliphatic rings. The third-order valence-corrected chi connectivity index (χ3v) is 6.57. The first-order chi connectivity index (χ1) is 16.5. The molecule has 4 aromatic rings. The van der Waals surface area contributed by atoms with Crippen LogP contribution in [-0.4, -0.2) is 61.5 Å². The van der Waals surface area contributed by atoms with E-state index in [1.54, 1.807) is 11.8 Å². The predicted molar refractivity (Wildman–Crippen MR) is 128 cm³/mol. The number of aromatic nitrogens is 5. The van der Waals surface area contributed by atoms with Gasteiger partial charge in [-0.2, -0.15) is 0 Å². The number of H-pyrrole nitrogens is 1. The molecule has 1 aliphatic heterocycles. The van der Waals surface area contributed by atoms with Crippen molar-refractivity contribution in [2.24, 2.45) is 0 Å². The Morgan fingerprint density at radius 3 is 2.68 bits per heavy atom. The summed E-state index contributed by atoms with van der Waals surface area (Å²) < 4.78 is 7.00. The number of likely N-dealkylation sites (tertiary alicyclic amines) is 1. The first kappa shape index (κ1) is 22.2. The topological polar surface area (TPSA) is 109 Å². The molecule has 34 heavy (non-hydrogen) atoms. The van der Waals surface area contributed by atoms with E-state index in [0.29, 0.717) is 43.9 Å². The Bertz CT molecular complexity index is 1340. The van der Waals surface area contributed by atoms with Gasteiger partial charge in [0.2, 0.25) is 0 Å². The maximum atomic E-state index is 13.3. The Labute approximate surface area is 197 Å². The lowest BCUT2D eigenvalue weighted by Gasteiger charge is -2.35. The predicted octanol–water partition coefficient (Wildman–Crippen LogP) is 2.43. The van der Waals surface area contributed by atoms with Gasteiger partial charge in [0.05, 0.1) is 25.3 Å². The average Bonchev–Trinajstić information content (AvgIpc) is 3.29. The molecule has 0 aliphatic carbocycles. The minimum absolute atomic E-state index is 0.156. The summed E-state index contributed by atoms with van der Waals surface area (Å²) in [6.45, 7) is 3.74. The number of hydrogen-bond donors (Lipinski definition) is 2. The van der Waals surface area contributed by atoms with Gasteiger partial charge in [-0.05, 0) is 64.9 Å². The number of benzene rings is 2. The van der Waals surface area contributed by atoms with E-state index in [1.165, 1.54) is 0 Å². The summed E-state index contributed by atoms with van der Waals surface area (Å²) in [6, 6.07) is 15.2. The minimum Gasteiger partial charge on any atom is -0.497 e. The Hall–Kier alpha value is -3.56. The standard InChI is InChI=1S/C25H28N6O3/c1-16-4-3-5-18-14-21(25(33)26-22(16)18)23(30-12-10-19(32)11-13-30)24-27-28-29-31(24)15-17-6-8-20(34-2)9-7-17/h3-9,14,19,23,32H,10-13,15H2,1-2H3,(H,26,33). The van der Waals surface area contributed by atoms with Crippen LogP contribution in [0.5, 0.6) is 5.75 Å². The van der Waals surface area contributed by atoms with Gasteiger partial charge in [-0.15, -0.1) is 5.10 Å². The Morgan fingerprint density at radius 1 is 1.18 bits per heavy atom. The number of aromatic amines is 1. The van der Waals surface area contributed by atoms with Crippen LogP contribution in [0.15, 0.2) is 53.3 Å². The van der Waals surface area contributed by atoms with Crippen LogP contribution in [0.4, 0.5) is 0 Å². The van der Waals surface area contributed by atoms with Gasteiger partial charge < -0.3 is 14.8 Å². The molecule has 9 nitrogen and oxygen atoms in total. The Balaban J connectivity index is 1.58. The molecule has 3 heterocycles. The number of fused-ring (bicyclic) bond motifs is 1. The maximum absolute atomic E-state index is 13.3. The fraction of sp³-hybridized carbons (Fsp3) is 0.360. The largest absolute Gasteiger partial charge is 0.497 e. The van der Waals surface area contributed by atoms with Crippen molar-refractivity contribution < 1.29 is 9.84 Å². The molecule has 5 rings (SSSR count). The number of methoxy groups -OCH3 is 1. The van der Waals surface area contributed by atoms with Crippen molar-refractivity contribution in [1.29, 1.82) is 0 Å². The van der Waals surface area contributed by atoms with Crippen molar-refractivity contribution in [3.05, 3.63) is 81.4 Å². The second-order valence-electron chi connectivity index (χ2n) is 8.81. The zero-order chi connectivity index (χ0) is 23.7. The van der Waals surface area contributed by atoms with Crippen LogP contribution in [0.3, 0.4) is 0 Å². The third-order valence-electron chi connectivity index (χ3n) is 6.57. The molecule has 1 atom stereocenters. The van der Waals surface area contributed by atoms with Crippen LogP contribution in [0.1, 0.15) is 41.4 Å². The van der Waals surface area contributed by atoms with Gasteiger partial charge in [0.15, 0.2) is 5.82 Å². The van der Waals surface area contributed by atoms with E-state index in [9.17, 15) is 9.90 Å². The van der Waals surface area contributed by atoms with E-state index >= 15 is 0 Å². The molecule has 0 spiro atoms. The zero-order valence-corrected chi connectivity index (χ0v) is 19.3. The summed E-state index contributed by atoms with van der Waals surface area (Å²) in [5.74, 6) is 1.38. The SMILES string of the molecule is COc1ccc(Cn2nnnc2C(c2cc3cccc(C)c3[nH]c2=O)N2CCC(O)CC2)cc1. The molecule has 2 aromatic carbocycles. The number of rotatable bonds is 6. The minimum atomic E-state index is -0.436. The third kappa shape index (κ3) is 4.32. The van der Waals surface area contributed by atoms with Crippen molar-refractivity contribution in [3.8, 4) is 5.75 Å². The van der Waals surface area contributed by atoms with Crippen molar-refractivity contribution in [2.75, 3.05) is 20.2 Å². The maximum Gasteiger partial charge on any atom is 0.253 e. The second-order valence-corrected chi connectivity index (χ2v) is 8.81. The van der Waals surface area contributed by atoms with E-state index in [-0.39, 0.29) is 11.7 Å². The highest BCUT2D eigenvalue weighted by Crippen LogP contribution is 2.30. The summed E-state index contributed by atoms with van der Waals surface area (Å²) >= 11 is 0. The first-order valence-electron chi connectivity index (χ1n) is 11.5. The van der Waals surface area contributed by atoms with Gasteiger partial charge >= 0.3 is 0 Å². The molecule has 0 amide bonds. The number of hydrogen-bond acceptors (Lipinski definition) is 7. The number of piperidine rings is 1. The number of nitrogens with zero attached hydrogens (tertiary/aromatic N) is 5. The highest BCUT2D eigenvalue weighted by molar-refractivity contribution is 5.82. The molecule has 1 unspecified atom stereocenters. The summed E-state index contributed by atoms with van der Waals surface area (Å²) in [5, 5.41) is 23.6. The fourth-order valence-electron chi connectivity index (χ4n) is 4.67. The second kappa shape index (κ2) is 9.36. The Morgan fingerprint density at radius 2 is 1.94 bits per heavy atom. The number of pyridine rings is 1. The van der Waals surface area contributed by atoms with E-state index in [2.05, 4.69) is 25.4 Å². The number of aliphatic hydroxyl groups excluding tert-OH is 1. The van der Waals surface area contributed by atoms with Crippen molar-refractivity contribution in [1.82, 2.24) is 30.1 Å². The van der Waals surface area contributed by atoms with Gasteiger partial charge in [-0.3, -0.25) is 9.69 Å². The molecular weight excluding hydrogens is 432 g/mol. The van der Waals surface area contributed by atoms with Crippen molar-refractivity contribution in [3.63, 3.8) is 0 Å². The molecule has 0 saturated carbocycles. The summed E-state index contributed by atoms with van der Waals surface area (Å²) in [4.78, 5) is 18.6. The number of aryl methyl sites for hydroxylation is 1. The number of nitrogens with one attached hydrogen (secondary N) is 1. The lowest BCUT2D eigenvalue weighted by Crippen LogP contribution is -2.41. The number of aliphatic hydroxyl groups is 1. The fourth-order valence-corrected chi connectivity index (χ4v) is 4.67. The summed E-state index contributed by atoms with van der Waals surface area (Å²) in [6.07, 6.45) is 0.951. The molecule has 9 heteroatoms. The quantitative estimate of drug-likeness (QED) is 0.455. The number of para-hydroxylation sites is 1. The van der Waals surface area contributed by atoms with E-state index in [4.69, 9.17) is 4.74 Å². The van der Waals surface area contributed by atoms with Crippen LogP contribution in [0.2, 0.25) is 0 Å². The molecule has 176 valence electrons. The van der Waals surface area contributed by atoms with Gasteiger partial charge in [0.1, 0.15) is 11.8 Å². The smallest absolute Gasteiger partial charge is 0.253 e. The lowest BCUT2D eigenvalue weighted by atomic mass is 9.99. The summed E-state index contributed by atoms with van der Waals surface area (Å²) in [7, 11) is 1.64. The zero-order valence-electron chi connectivity index (χ0n) is 19.3. The van der Waals surface area contributed by atoms with Crippen LogP contribution in [0.25, 0.3) is 10.9 Å². The normalized spacial score (nSPS) is 16.1. The Kier molecular flexibility index (Phi) is 6.12. The highest BCUT2D eigenvalue weighted by atomic mass is 16.5. The molecule has 1 saturated heterocycles. The number of tetrazole rings is 1. The molecule has 0 bridgehead atoms. The van der Waals surface area contributed by atoms with Crippen LogP contribution in [-0.2, 0) is 6.54 Å². The van der Waals surface area contributed by atoms with Crippen LogP contribution >= 0.6 is 0 Å². The summed E-state index contributed by atoms with van der Waals surface area (Å²) in [5.41, 5.74) is 3.31. The van der Waals surface area contributed by atoms with Gasteiger partial charge in [-0.25, -0.2) is 4.68 Å². The lowest BCUT2D eigenvalue weighted by molar-refractivity contribution is 0.0659. The molecule has 1 fully saturated rings. The molecule has 0 radical (unpaired) electrons. The first-order valence-corrected chi connectivity index (χ1v) is 11.5. The van der Waals surface area contributed by atoms with Crippen molar-refractivity contribution in [2.45, 2.75) is 38.5 Å². The van der Waals surface area contributed by atoms with E-state index in [1.807, 2.05) is 55.5 Å². The van der Waals surface area contributed by atoms with Crippen molar-refractivity contribution >= 4 is 10.9 Å². The highest BCUT2D eigenvalue weighted by Gasteiger charge is 2.32. The van der Waals surface area contributed by atoms with Crippen LogP contribution < -0.4 is 10.3 Å². The molecule has 2 N–H and O–H groups in total. The molecular formula is C25H28N6O3. The van der Waals surface area contributed by atoms with Crippen LogP contribution in [0, 0.1) is 6.92 Å². The van der Waals surface area contributed by atoms with Gasteiger partial charge in [0, 0.05) is 18.7 Å². The van der Waals surface area contributed by atoms with Gasteiger partial charge in [-0.1, -0.05) is 30.3 Å². The monoisotopic (exact) mass is 460 g/mol. The van der Waals surface area contributed by atoms with Gasteiger partial charge in [0.25, 0.3) is 5.56 Å². The average molecular weight is 461 g/mol. The van der Waals surface area contributed by atoms with E-state index in [0.717, 1.165) is 27.8 Å². The van der Waals surface area contributed by atoms with E-state index < -0.39 is 6.04 Å².